The molecule has 0 aliphatic carbocycles. The van der Waals surface area contributed by atoms with Gasteiger partial charge in [-0.1, -0.05) is 45.8 Å². The van der Waals surface area contributed by atoms with Gasteiger partial charge in [0.25, 0.3) is 0 Å². The van der Waals surface area contributed by atoms with Gasteiger partial charge in [0.1, 0.15) is 5.75 Å². The molecule has 0 unspecified atom stereocenters. The molecule has 19 heavy (non-hydrogen) atoms. The Hall–Kier alpha value is -1.81. The number of rotatable bonds is 4. The Kier molecular flexibility index (Phi) is 4.58. The number of halogens is 1. The quantitative estimate of drug-likeness (QED) is 0.861. The number of carbonyl (C=O) groups excluding carboxylic acids is 1. The first kappa shape index (κ1) is 13.6. The van der Waals surface area contributed by atoms with E-state index in [1.165, 1.54) is 5.56 Å². The third-order valence-electron chi connectivity index (χ3n) is 2.53. The molecule has 0 radical (unpaired) electrons. The number of para-hydroxylation sites is 2. The molecule has 0 spiro atoms. The predicted molar refractivity (Wildman–Crippen MR) is 80.1 cm³/mol. The van der Waals surface area contributed by atoms with Gasteiger partial charge in [0.2, 0.25) is 5.91 Å². The van der Waals surface area contributed by atoms with Crippen LogP contribution >= 0.6 is 15.9 Å². The van der Waals surface area contributed by atoms with E-state index in [1.54, 1.807) is 0 Å². The number of amides is 1. The molecule has 2 aromatic carbocycles. The Bertz CT molecular complexity index is 567. The van der Waals surface area contributed by atoms with E-state index in [2.05, 4.69) is 21.2 Å². The van der Waals surface area contributed by atoms with Crippen molar-refractivity contribution in [1.82, 2.24) is 0 Å². The van der Waals surface area contributed by atoms with Gasteiger partial charge in [-0.15, -0.1) is 0 Å². The van der Waals surface area contributed by atoms with E-state index in [0.717, 1.165) is 5.75 Å². The molecule has 0 atom stereocenters. The average Bonchev–Trinajstić information content (AvgIpc) is 2.43. The Balaban J connectivity index is 2.20. The fourth-order valence-electron chi connectivity index (χ4n) is 1.58. The number of nitrogens with one attached hydrogen (secondary N) is 1. The molecule has 2 aromatic rings. The Morgan fingerprint density at radius 2 is 1.84 bits per heavy atom. The molecule has 2 rings (SSSR count). The minimum atomic E-state index is -0.111. The van der Waals surface area contributed by atoms with Crippen molar-refractivity contribution < 1.29 is 9.53 Å². The molecule has 3 nitrogen and oxygen atoms in total. The van der Waals surface area contributed by atoms with E-state index < -0.39 is 0 Å². The zero-order valence-corrected chi connectivity index (χ0v) is 12.1. The van der Waals surface area contributed by atoms with Gasteiger partial charge in [0, 0.05) is 0 Å². The topological polar surface area (TPSA) is 38.3 Å². The van der Waals surface area contributed by atoms with Crippen LogP contribution in [-0.2, 0) is 4.79 Å². The maximum Gasteiger partial charge on any atom is 0.235 e. The molecule has 0 aliphatic rings. The Morgan fingerprint density at radius 1 is 1.16 bits per heavy atom. The smallest absolute Gasteiger partial charge is 0.235 e. The van der Waals surface area contributed by atoms with Gasteiger partial charge in [0.15, 0.2) is 5.75 Å². The van der Waals surface area contributed by atoms with Crippen molar-refractivity contribution in [3.8, 4) is 11.5 Å². The fourth-order valence-corrected chi connectivity index (χ4v) is 1.72. The van der Waals surface area contributed by atoms with Gasteiger partial charge >= 0.3 is 0 Å². The summed E-state index contributed by atoms with van der Waals surface area (Å²) < 4.78 is 5.78. The molecule has 0 aliphatic heterocycles. The molecule has 0 saturated carbocycles. The van der Waals surface area contributed by atoms with Crippen molar-refractivity contribution >= 4 is 27.5 Å². The van der Waals surface area contributed by atoms with Crippen LogP contribution in [0, 0.1) is 6.92 Å². The summed E-state index contributed by atoms with van der Waals surface area (Å²) in [5.41, 5.74) is 1.83. The molecule has 98 valence electrons. The lowest BCUT2D eigenvalue weighted by Crippen LogP contribution is -2.12. The predicted octanol–water partition coefficient (Wildman–Crippen LogP) is 4.12. The second kappa shape index (κ2) is 6.38. The van der Waals surface area contributed by atoms with Crippen molar-refractivity contribution in [1.29, 1.82) is 0 Å². The zero-order valence-electron chi connectivity index (χ0n) is 10.5. The molecule has 0 saturated heterocycles. The third kappa shape index (κ3) is 3.83. The third-order valence-corrected chi connectivity index (χ3v) is 3.04. The normalized spacial score (nSPS) is 10.0. The highest BCUT2D eigenvalue weighted by Gasteiger charge is 2.07. The van der Waals surface area contributed by atoms with Crippen LogP contribution in [0.2, 0.25) is 0 Å². The van der Waals surface area contributed by atoms with E-state index in [1.807, 2.05) is 55.5 Å². The van der Waals surface area contributed by atoms with Crippen LogP contribution in [-0.4, -0.2) is 11.2 Å². The monoisotopic (exact) mass is 319 g/mol. The number of ether oxygens (including phenoxy) is 1. The van der Waals surface area contributed by atoms with E-state index in [0.29, 0.717) is 11.4 Å². The highest BCUT2D eigenvalue weighted by molar-refractivity contribution is 9.09. The number of anilines is 1. The Morgan fingerprint density at radius 3 is 2.53 bits per heavy atom. The molecule has 0 heterocycles. The van der Waals surface area contributed by atoms with Crippen molar-refractivity contribution in [3.05, 3.63) is 54.1 Å². The van der Waals surface area contributed by atoms with Crippen LogP contribution in [0.1, 0.15) is 5.56 Å². The van der Waals surface area contributed by atoms with Gasteiger partial charge in [-0.05, 0) is 31.2 Å². The van der Waals surface area contributed by atoms with Crippen molar-refractivity contribution in [2.75, 3.05) is 10.6 Å². The second-order valence-corrected chi connectivity index (χ2v) is 4.65. The first-order chi connectivity index (χ1) is 9.19. The maximum atomic E-state index is 11.4. The standard InChI is InChI=1S/C15H14BrNO2/c1-11-6-8-12(9-7-11)19-14-5-3-2-4-13(14)17-15(18)10-16/h2-9H,10H2,1H3,(H,17,18). The molecule has 0 bridgehead atoms. The molecule has 0 fully saturated rings. The van der Waals surface area contributed by atoms with Gasteiger partial charge in [-0.25, -0.2) is 0 Å². The van der Waals surface area contributed by atoms with Gasteiger partial charge in [0.05, 0.1) is 11.0 Å². The maximum absolute atomic E-state index is 11.4. The lowest BCUT2D eigenvalue weighted by Gasteiger charge is -2.11. The summed E-state index contributed by atoms with van der Waals surface area (Å²) in [5.74, 6) is 1.26. The first-order valence-electron chi connectivity index (χ1n) is 5.88. The fraction of sp³-hybridized carbons (Fsp3) is 0.133. The van der Waals surface area contributed by atoms with E-state index in [-0.39, 0.29) is 11.2 Å². The molecule has 1 amide bonds. The average molecular weight is 320 g/mol. The number of carbonyl (C=O) groups is 1. The minimum absolute atomic E-state index is 0.111. The summed E-state index contributed by atoms with van der Waals surface area (Å²) in [5, 5.41) is 3.04. The van der Waals surface area contributed by atoms with Crippen LogP contribution < -0.4 is 10.1 Å². The highest BCUT2D eigenvalue weighted by atomic mass is 79.9. The van der Waals surface area contributed by atoms with E-state index in [4.69, 9.17) is 4.74 Å². The number of hydrogen-bond acceptors (Lipinski definition) is 2. The SMILES string of the molecule is Cc1ccc(Oc2ccccc2NC(=O)CBr)cc1. The number of alkyl halides is 1. The highest BCUT2D eigenvalue weighted by Crippen LogP contribution is 2.29. The van der Waals surface area contributed by atoms with Crippen molar-refractivity contribution in [2.24, 2.45) is 0 Å². The lowest BCUT2D eigenvalue weighted by atomic mass is 10.2. The molecular weight excluding hydrogens is 306 g/mol. The summed E-state index contributed by atoms with van der Waals surface area (Å²) in [7, 11) is 0. The van der Waals surface area contributed by atoms with Gasteiger partial charge in [-0.2, -0.15) is 0 Å². The molecule has 0 aromatic heterocycles. The zero-order chi connectivity index (χ0) is 13.7. The summed E-state index contributed by atoms with van der Waals surface area (Å²) in [6.07, 6.45) is 0. The second-order valence-electron chi connectivity index (χ2n) is 4.09. The largest absolute Gasteiger partial charge is 0.455 e. The summed E-state index contributed by atoms with van der Waals surface area (Å²) >= 11 is 3.12. The van der Waals surface area contributed by atoms with Crippen LogP contribution in [0.4, 0.5) is 5.69 Å². The van der Waals surface area contributed by atoms with Gasteiger partial charge in [-0.3, -0.25) is 4.79 Å². The van der Waals surface area contributed by atoms with E-state index >= 15 is 0 Å². The first-order valence-corrected chi connectivity index (χ1v) is 7.00. The molecular formula is C15H14BrNO2. The van der Waals surface area contributed by atoms with Crippen LogP contribution in [0.25, 0.3) is 0 Å². The summed E-state index contributed by atoms with van der Waals surface area (Å²) in [6.45, 7) is 2.02. The van der Waals surface area contributed by atoms with Crippen LogP contribution in [0.3, 0.4) is 0 Å². The van der Waals surface area contributed by atoms with Crippen molar-refractivity contribution in [2.45, 2.75) is 6.92 Å². The summed E-state index contributed by atoms with van der Waals surface area (Å²) in [4.78, 5) is 11.4. The molecule has 1 N–H and O–H groups in total. The number of hydrogen-bond donors (Lipinski definition) is 1. The number of aryl methyl sites for hydroxylation is 1. The van der Waals surface area contributed by atoms with Crippen molar-refractivity contribution in [3.63, 3.8) is 0 Å². The summed E-state index contributed by atoms with van der Waals surface area (Å²) in [6, 6.07) is 15.1. The van der Waals surface area contributed by atoms with E-state index in [9.17, 15) is 4.79 Å². The Labute approximate surface area is 120 Å². The van der Waals surface area contributed by atoms with Gasteiger partial charge < -0.3 is 10.1 Å². The van der Waals surface area contributed by atoms with Crippen LogP contribution in [0.5, 0.6) is 11.5 Å². The lowest BCUT2D eigenvalue weighted by molar-refractivity contribution is -0.113. The molecule has 4 heteroatoms. The minimum Gasteiger partial charge on any atom is -0.455 e. The van der Waals surface area contributed by atoms with Crippen LogP contribution in [0.15, 0.2) is 48.5 Å². The number of benzene rings is 2.